The van der Waals surface area contributed by atoms with E-state index < -0.39 is 5.41 Å². The lowest BCUT2D eigenvalue weighted by Gasteiger charge is -2.15. The molecule has 16 heavy (non-hydrogen) atoms. The Balaban J connectivity index is 3.05. The van der Waals surface area contributed by atoms with Crippen LogP contribution in [0.5, 0.6) is 0 Å². The van der Waals surface area contributed by atoms with Crippen LogP contribution >= 0.6 is 0 Å². The lowest BCUT2D eigenvalue weighted by atomic mass is 9.86. The molecule has 0 amide bonds. The van der Waals surface area contributed by atoms with Crippen LogP contribution in [0.15, 0.2) is 22.1 Å². The first-order chi connectivity index (χ1) is 7.34. The molecule has 1 rings (SSSR count). The molecule has 0 unspecified atom stereocenters. The highest BCUT2D eigenvalue weighted by Crippen LogP contribution is 2.21. The van der Waals surface area contributed by atoms with Crippen molar-refractivity contribution in [3.05, 3.63) is 29.2 Å². The van der Waals surface area contributed by atoms with E-state index in [0.29, 0.717) is 5.76 Å². The summed E-state index contributed by atoms with van der Waals surface area (Å²) in [6.45, 7) is 7.17. The van der Waals surface area contributed by atoms with Gasteiger partial charge in [0.2, 0.25) is 0 Å². The van der Waals surface area contributed by atoms with Crippen LogP contribution < -0.4 is 0 Å². The van der Waals surface area contributed by atoms with Crippen LogP contribution in [-0.4, -0.2) is 5.78 Å². The molecule has 0 aliphatic carbocycles. The third-order valence-electron chi connectivity index (χ3n) is 2.09. The monoisotopic (exact) mass is 217 g/mol. The average molecular weight is 217 g/mol. The van der Waals surface area contributed by atoms with Crippen molar-refractivity contribution in [3.63, 3.8) is 0 Å². The molecule has 0 saturated carbocycles. The minimum absolute atomic E-state index is 0.127. The summed E-state index contributed by atoms with van der Waals surface area (Å²) in [5.41, 5.74) is -0.426. The molecule has 0 aliphatic rings. The largest absolute Gasteiger partial charge is 0.462 e. The van der Waals surface area contributed by atoms with Crippen LogP contribution in [0, 0.1) is 23.7 Å². The Morgan fingerprint density at radius 1 is 1.44 bits per heavy atom. The number of Topliss-reactive ketones (excluding diaryl/α,β-unsaturated/α-hetero) is 1. The van der Waals surface area contributed by atoms with E-state index in [1.165, 1.54) is 6.08 Å². The number of hydrogen-bond donors (Lipinski definition) is 0. The zero-order valence-corrected chi connectivity index (χ0v) is 10.00. The molecule has 3 heteroatoms. The molecule has 0 N–H and O–H groups in total. The van der Waals surface area contributed by atoms with Gasteiger partial charge >= 0.3 is 0 Å². The van der Waals surface area contributed by atoms with E-state index in [1.807, 2.05) is 13.0 Å². The van der Waals surface area contributed by atoms with Crippen LogP contribution in [0.25, 0.3) is 6.08 Å². The second-order valence-electron chi connectivity index (χ2n) is 4.70. The van der Waals surface area contributed by atoms with E-state index in [4.69, 9.17) is 9.68 Å². The summed E-state index contributed by atoms with van der Waals surface area (Å²) in [5, 5.41) is 8.95. The van der Waals surface area contributed by atoms with E-state index in [0.717, 1.165) is 5.76 Å². The number of ketones is 1. The fourth-order valence-corrected chi connectivity index (χ4v) is 1.23. The summed E-state index contributed by atoms with van der Waals surface area (Å²) in [7, 11) is 0. The van der Waals surface area contributed by atoms with Gasteiger partial charge in [0.15, 0.2) is 5.78 Å². The van der Waals surface area contributed by atoms with Crippen molar-refractivity contribution in [2.45, 2.75) is 27.7 Å². The van der Waals surface area contributed by atoms with Gasteiger partial charge in [-0.2, -0.15) is 5.26 Å². The minimum atomic E-state index is -0.552. The lowest BCUT2D eigenvalue weighted by Crippen LogP contribution is -2.21. The highest BCUT2D eigenvalue weighted by atomic mass is 16.3. The van der Waals surface area contributed by atoms with Gasteiger partial charge in [0.25, 0.3) is 0 Å². The van der Waals surface area contributed by atoms with Crippen LogP contribution in [0.4, 0.5) is 0 Å². The number of nitrogens with zero attached hydrogens (tertiary/aromatic N) is 1. The van der Waals surface area contributed by atoms with Gasteiger partial charge < -0.3 is 4.42 Å². The maximum Gasteiger partial charge on any atom is 0.178 e. The maximum atomic E-state index is 11.9. The summed E-state index contributed by atoms with van der Waals surface area (Å²) in [6, 6.07) is 5.45. The van der Waals surface area contributed by atoms with Gasteiger partial charge in [-0.15, -0.1) is 0 Å². The van der Waals surface area contributed by atoms with Crippen LogP contribution in [0.1, 0.15) is 32.3 Å². The molecule has 0 spiro atoms. The van der Waals surface area contributed by atoms with Crippen molar-refractivity contribution in [3.8, 4) is 6.07 Å². The van der Waals surface area contributed by atoms with E-state index in [9.17, 15) is 4.79 Å². The Hall–Kier alpha value is -1.82. The first-order valence-corrected chi connectivity index (χ1v) is 5.07. The third kappa shape index (κ3) is 2.83. The Morgan fingerprint density at radius 2 is 2.06 bits per heavy atom. The maximum absolute atomic E-state index is 11.9. The summed E-state index contributed by atoms with van der Waals surface area (Å²) in [5.74, 6) is 1.11. The highest BCUT2D eigenvalue weighted by Gasteiger charge is 2.25. The van der Waals surface area contributed by atoms with Crippen LogP contribution in [-0.2, 0) is 4.79 Å². The van der Waals surface area contributed by atoms with Crippen molar-refractivity contribution in [1.29, 1.82) is 5.26 Å². The summed E-state index contributed by atoms with van der Waals surface area (Å²) in [6.07, 6.45) is 1.49. The van der Waals surface area contributed by atoms with E-state index in [2.05, 4.69) is 0 Å². The molecule has 1 aromatic heterocycles. The molecule has 0 atom stereocenters. The van der Waals surface area contributed by atoms with Crippen molar-refractivity contribution in [2.75, 3.05) is 0 Å². The fraction of sp³-hybridized carbons (Fsp3) is 0.385. The van der Waals surface area contributed by atoms with Gasteiger partial charge in [0.1, 0.15) is 17.6 Å². The van der Waals surface area contributed by atoms with Crippen LogP contribution in [0.2, 0.25) is 0 Å². The number of carbonyl (C=O) groups excluding carboxylic acids is 1. The number of furan rings is 1. The van der Waals surface area contributed by atoms with E-state index in [-0.39, 0.29) is 11.4 Å². The number of allylic oxidation sites excluding steroid dienone is 1. The molecular weight excluding hydrogens is 202 g/mol. The van der Waals surface area contributed by atoms with Crippen molar-refractivity contribution in [2.24, 2.45) is 5.41 Å². The molecule has 0 bridgehead atoms. The van der Waals surface area contributed by atoms with Gasteiger partial charge in [-0.3, -0.25) is 4.79 Å². The second-order valence-corrected chi connectivity index (χ2v) is 4.70. The smallest absolute Gasteiger partial charge is 0.178 e. The normalized spacial score (nSPS) is 12.3. The minimum Gasteiger partial charge on any atom is -0.462 e. The predicted molar refractivity (Wildman–Crippen MR) is 61.5 cm³/mol. The molecule has 0 aliphatic heterocycles. The molecule has 0 aromatic carbocycles. The van der Waals surface area contributed by atoms with Crippen molar-refractivity contribution < 1.29 is 9.21 Å². The van der Waals surface area contributed by atoms with Gasteiger partial charge in [0.05, 0.1) is 5.57 Å². The zero-order chi connectivity index (χ0) is 12.3. The second kappa shape index (κ2) is 4.36. The van der Waals surface area contributed by atoms with E-state index >= 15 is 0 Å². The number of rotatable bonds is 2. The topological polar surface area (TPSA) is 54.0 Å². The SMILES string of the molecule is Cc1ccc(/C=C(\C#N)C(=O)C(C)(C)C)o1. The first-order valence-electron chi connectivity index (χ1n) is 5.07. The van der Waals surface area contributed by atoms with Gasteiger partial charge in [-0.25, -0.2) is 0 Å². The Morgan fingerprint density at radius 3 is 2.44 bits per heavy atom. The summed E-state index contributed by atoms with van der Waals surface area (Å²) >= 11 is 0. The first kappa shape index (κ1) is 12.3. The molecular formula is C13H15NO2. The molecule has 0 saturated heterocycles. The van der Waals surface area contributed by atoms with Gasteiger partial charge in [-0.1, -0.05) is 20.8 Å². The quantitative estimate of drug-likeness (QED) is 0.565. The number of hydrogen-bond acceptors (Lipinski definition) is 3. The molecule has 3 nitrogen and oxygen atoms in total. The molecule has 1 heterocycles. The Labute approximate surface area is 95.4 Å². The van der Waals surface area contributed by atoms with Gasteiger partial charge in [0, 0.05) is 11.5 Å². The number of aryl methyl sites for hydroxylation is 1. The predicted octanol–water partition coefficient (Wildman–Crippen LogP) is 3.11. The third-order valence-corrected chi connectivity index (χ3v) is 2.09. The average Bonchev–Trinajstić information content (AvgIpc) is 2.58. The van der Waals surface area contributed by atoms with Crippen LogP contribution in [0.3, 0.4) is 0 Å². The molecule has 0 fully saturated rings. The Kier molecular flexibility index (Phi) is 3.34. The summed E-state index contributed by atoms with van der Waals surface area (Å²) < 4.78 is 5.30. The number of carbonyl (C=O) groups is 1. The molecule has 0 radical (unpaired) electrons. The molecule has 1 aromatic rings. The fourth-order valence-electron chi connectivity index (χ4n) is 1.23. The van der Waals surface area contributed by atoms with Gasteiger partial charge in [-0.05, 0) is 19.1 Å². The van der Waals surface area contributed by atoms with Crippen molar-refractivity contribution in [1.82, 2.24) is 0 Å². The lowest BCUT2D eigenvalue weighted by molar-refractivity contribution is -0.121. The Bertz CT molecular complexity index is 467. The highest BCUT2D eigenvalue weighted by molar-refractivity contribution is 6.05. The summed E-state index contributed by atoms with van der Waals surface area (Å²) in [4.78, 5) is 11.9. The zero-order valence-electron chi connectivity index (χ0n) is 10.00. The van der Waals surface area contributed by atoms with Crippen molar-refractivity contribution >= 4 is 11.9 Å². The number of nitriles is 1. The van der Waals surface area contributed by atoms with E-state index in [1.54, 1.807) is 32.9 Å². The standard InChI is InChI=1S/C13H15NO2/c1-9-5-6-11(16-9)7-10(8-14)12(15)13(2,3)4/h5-7H,1-4H3/b10-7+. The molecule has 84 valence electrons.